The van der Waals surface area contributed by atoms with Crippen molar-refractivity contribution >= 4 is 11.6 Å². The molecule has 0 aliphatic rings. The number of ketones is 2. The summed E-state index contributed by atoms with van der Waals surface area (Å²) in [4.78, 5) is 21.4. The molecule has 0 amide bonds. The molecule has 1 N–H and O–H groups in total. The van der Waals surface area contributed by atoms with E-state index >= 15 is 0 Å². The summed E-state index contributed by atoms with van der Waals surface area (Å²) in [5.41, 5.74) is 0.352. The van der Waals surface area contributed by atoms with Crippen molar-refractivity contribution in [3.63, 3.8) is 0 Å². The molecule has 0 saturated carbocycles. The molecule has 0 fully saturated rings. The quantitative estimate of drug-likeness (QED) is 0.516. The minimum Gasteiger partial charge on any atom is -0.512 e. The van der Waals surface area contributed by atoms with Gasteiger partial charge in [-0.1, -0.05) is 0 Å². The average molecular weight is 170 g/mol. The third-order valence-corrected chi connectivity index (χ3v) is 1.59. The molecule has 0 aromatic rings. The van der Waals surface area contributed by atoms with E-state index in [9.17, 15) is 9.59 Å². The third kappa shape index (κ3) is 3.91. The van der Waals surface area contributed by atoms with Gasteiger partial charge < -0.3 is 9.90 Å². The molecule has 0 atom stereocenters. The van der Waals surface area contributed by atoms with Crippen LogP contribution in [0.5, 0.6) is 0 Å². The van der Waals surface area contributed by atoms with Gasteiger partial charge in [0.2, 0.25) is 0 Å². The lowest BCUT2D eigenvalue weighted by Gasteiger charge is -2.02. The summed E-state index contributed by atoms with van der Waals surface area (Å²) in [6.45, 7) is 4.30. The van der Waals surface area contributed by atoms with Crippen molar-refractivity contribution in [1.29, 1.82) is 0 Å². The highest BCUT2D eigenvalue weighted by molar-refractivity contribution is 5.94. The van der Waals surface area contributed by atoms with E-state index in [1.165, 1.54) is 20.8 Å². The molecule has 12 heavy (non-hydrogen) atoms. The molecule has 0 saturated heterocycles. The maximum Gasteiger partial charge on any atom is 0.159 e. The van der Waals surface area contributed by atoms with Crippen LogP contribution < -0.4 is 0 Å². The molecule has 0 unspecified atom stereocenters. The first-order valence-corrected chi connectivity index (χ1v) is 3.84. The average Bonchev–Trinajstić information content (AvgIpc) is 1.84. The molecule has 0 aliphatic heterocycles. The van der Waals surface area contributed by atoms with Crippen LogP contribution in [0.3, 0.4) is 0 Å². The molecule has 3 nitrogen and oxygen atoms in total. The number of allylic oxidation sites excluding steroid dienone is 2. The van der Waals surface area contributed by atoms with Crippen LogP contribution in [0.2, 0.25) is 0 Å². The Morgan fingerprint density at radius 1 is 1.08 bits per heavy atom. The number of hydrogen-bond donors (Lipinski definition) is 1. The molecule has 0 radical (unpaired) electrons. The van der Waals surface area contributed by atoms with Gasteiger partial charge in [-0.3, -0.25) is 4.79 Å². The summed E-state index contributed by atoms with van der Waals surface area (Å²) in [5, 5.41) is 9.04. The molecular weight excluding hydrogens is 156 g/mol. The Morgan fingerprint density at radius 3 is 1.83 bits per heavy atom. The lowest BCUT2D eigenvalue weighted by molar-refractivity contribution is -0.117. The van der Waals surface area contributed by atoms with Crippen molar-refractivity contribution in [1.82, 2.24) is 0 Å². The Labute approximate surface area is 72.1 Å². The Bertz CT molecular complexity index is 222. The van der Waals surface area contributed by atoms with E-state index in [4.69, 9.17) is 5.11 Å². The van der Waals surface area contributed by atoms with E-state index in [-0.39, 0.29) is 17.3 Å². The van der Waals surface area contributed by atoms with Crippen LogP contribution in [-0.2, 0) is 9.59 Å². The topological polar surface area (TPSA) is 54.4 Å². The number of hydrogen-bond acceptors (Lipinski definition) is 3. The van der Waals surface area contributed by atoms with Crippen molar-refractivity contribution < 1.29 is 14.7 Å². The fourth-order valence-electron chi connectivity index (χ4n) is 0.913. The third-order valence-electron chi connectivity index (χ3n) is 1.59. The van der Waals surface area contributed by atoms with Crippen molar-refractivity contribution in [2.45, 2.75) is 33.6 Å². The molecule has 0 aliphatic carbocycles. The Morgan fingerprint density at radius 2 is 1.58 bits per heavy atom. The van der Waals surface area contributed by atoms with Crippen molar-refractivity contribution in [2.75, 3.05) is 0 Å². The second-order valence-electron chi connectivity index (χ2n) is 2.82. The summed E-state index contributed by atoms with van der Waals surface area (Å²) < 4.78 is 0. The largest absolute Gasteiger partial charge is 0.512 e. The van der Waals surface area contributed by atoms with Gasteiger partial charge in [-0.2, -0.15) is 0 Å². The van der Waals surface area contributed by atoms with Gasteiger partial charge in [0.15, 0.2) is 5.78 Å². The van der Waals surface area contributed by atoms with E-state index in [0.717, 1.165) is 0 Å². The maximum absolute atomic E-state index is 10.9. The van der Waals surface area contributed by atoms with Gasteiger partial charge in [-0.05, 0) is 27.2 Å². The highest BCUT2D eigenvalue weighted by atomic mass is 16.3. The molecule has 0 spiro atoms. The Hall–Kier alpha value is -1.12. The van der Waals surface area contributed by atoms with Gasteiger partial charge in [0, 0.05) is 12.0 Å². The zero-order valence-corrected chi connectivity index (χ0v) is 7.68. The van der Waals surface area contributed by atoms with Crippen LogP contribution in [0.15, 0.2) is 11.3 Å². The van der Waals surface area contributed by atoms with Crippen LogP contribution >= 0.6 is 0 Å². The predicted molar refractivity (Wildman–Crippen MR) is 45.9 cm³/mol. The summed E-state index contributed by atoms with van der Waals surface area (Å²) in [6.07, 6.45) is 0.653. The van der Waals surface area contributed by atoms with Gasteiger partial charge in [-0.25, -0.2) is 0 Å². The fourth-order valence-corrected chi connectivity index (χ4v) is 0.913. The molecule has 0 rings (SSSR count). The molecule has 0 bridgehead atoms. The van der Waals surface area contributed by atoms with Crippen LogP contribution in [0.4, 0.5) is 0 Å². The molecular formula is C9H14O3. The van der Waals surface area contributed by atoms with Crippen LogP contribution in [0.1, 0.15) is 33.6 Å². The van der Waals surface area contributed by atoms with Gasteiger partial charge >= 0.3 is 0 Å². The number of Topliss-reactive ketones (excluding diaryl/α,β-unsaturated/α-hetero) is 2. The van der Waals surface area contributed by atoms with Crippen molar-refractivity contribution in [3.05, 3.63) is 11.3 Å². The maximum atomic E-state index is 10.9. The lowest BCUT2D eigenvalue weighted by atomic mass is 10.0. The number of aliphatic hydroxyl groups excluding tert-OH is 1. The zero-order valence-electron chi connectivity index (χ0n) is 7.68. The lowest BCUT2D eigenvalue weighted by Crippen LogP contribution is -2.02. The van der Waals surface area contributed by atoms with E-state index in [1.807, 2.05) is 0 Å². The van der Waals surface area contributed by atoms with Gasteiger partial charge in [0.1, 0.15) is 5.78 Å². The predicted octanol–water partition coefficient (Wildman–Crippen LogP) is 1.78. The van der Waals surface area contributed by atoms with E-state index in [0.29, 0.717) is 18.4 Å². The van der Waals surface area contributed by atoms with Gasteiger partial charge in [0.05, 0.1) is 5.76 Å². The Balaban J connectivity index is 4.28. The van der Waals surface area contributed by atoms with Crippen molar-refractivity contribution in [2.24, 2.45) is 0 Å². The molecule has 0 aromatic carbocycles. The van der Waals surface area contributed by atoms with Crippen LogP contribution in [0.25, 0.3) is 0 Å². The minimum atomic E-state index is -0.170. The smallest absolute Gasteiger partial charge is 0.159 e. The summed E-state index contributed by atoms with van der Waals surface area (Å²) in [6, 6.07) is 0. The molecule has 0 heterocycles. The van der Waals surface area contributed by atoms with Crippen LogP contribution in [0, 0.1) is 0 Å². The highest BCUT2D eigenvalue weighted by Crippen LogP contribution is 2.10. The zero-order chi connectivity index (χ0) is 9.72. The van der Waals surface area contributed by atoms with E-state index < -0.39 is 0 Å². The number of aliphatic hydroxyl groups is 1. The SMILES string of the molecule is CC(=O)CCC(C(C)=O)=C(C)O. The second-order valence-corrected chi connectivity index (χ2v) is 2.82. The summed E-state index contributed by atoms with van der Waals surface area (Å²) in [5.74, 6) is -0.130. The first-order chi connectivity index (χ1) is 5.45. The van der Waals surface area contributed by atoms with E-state index in [2.05, 4.69) is 0 Å². The summed E-state index contributed by atoms with van der Waals surface area (Å²) in [7, 11) is 0. The van der Waals surface area contributed by atoms with Crippen LogP contribution in [-0.4, -0.2) is 16.7 Å². The molecule has 68 valence electrons. The highest BCUT2D eigenvalue weighted by Gasteiger charge is 2.08. The van der Waals surface area contributed by atoms with E-state index in [1.54, 1.807) is 0 Å². The molecule has 3 heteroatoms. The standard InChI is InChI=1S/C9H14O3/c1-6(10)4-5-9(7(2)11)8(3)12/h11H,4-5H2,1-3H3. The number of carbonyl (C=O) groups excluding carboxylic acids is 2. The van der Waals surface area contributed by atoms with Crippen molar-refractivity contribution in [3.8, 4) is 0 Å². The van der Waals surface area contributed by atoms with Gasteiger partial charge in [-0.15, -0.1) is 0 Å². The van der Waals surface area contributed by atoms with Gasteiger partial charge in [0.25, 0.3) is 0 Å². The summed E-state index contributed by atoms with van der Waals surface area (Å²) >= 11 is 0. The minimum absolute atomic E-state index is 0.0174. The first-order valence-electron chi connectivity index (χ1n) is 3.84. The number of carbonyl (C=O) groups is 2. The number of rotatable bonds is 4. The Kier molecular flexibility index (Phi) is 4.26. The molecule has 0 aromatic heterocycles. The first kappa shape index (κ1) is 10.9. The fraction of sp³-hybridized carbons (Fsp3) is 0.556. The monoisotopic (exact) mass is 170 g/mol. The second kappa shape index (κ2) is 4.70. The normalized spacial score (nSPS) is 12.2.